The van der Waals surface area contributed by atoms with Crippen LogP contribution in [0.4, 0.5) is 5.69 Å². The SMILES string of the molecule is C[C@@H]1Cc2ccccc2N1C(=O)c1cc2c(s1)CCCC2. The van der Waals surface area contributed by atoms with Crippen LogP contribution in [0.15, 0.2) is 30.3 Å². The highest BCUT2D eigenvalue weighted by molar-refractivity contribution is 7.14. The molecule has 2 nitrogen and oxygen atoms in total. The van der Waals surface area contributed by atoms with E-state index in [1.807, 2.05) is 11.0 Å². The molecule has 0 radical (unpaired) electrons. The van der Waals surface area contributed by atoms with E-state index in [1.54, 1.807) is 11.3 Å². The molecule has 1 atom stereocenters. The molecule has 4 rings (SSSR count). The molecule has 0 saturated carbocycles. The molecule has 0 saturated heterocycles. The lowest BCUT2D eigenvalue weighted by Crippen LogP contribution is -2.35. The van der Waals surface area contributed by atoms with Gasteiger partial charge in [-0.05, 0) is 62.3 Å². The normalized spacial score (nSPS) is 20.2. The lowest BCUT2D eigenvalue weighted by atomic mass is 9.99. The average molecular weight is 297 g/mol. The monoisotopic (exact) mass is 297 g/mol. The van der Waals surface area contributed by atoms with Crippen molar-refractivity contribution in [3.8, 4) is 0 Å². The molecule has 108 valence electrons. The first kappa shape index (κ1) is 13.1. The summed E-state index contributed by atoms with van der Waals surface area (Å²) in [6.45, 7) is 2.14. The molecule has 2 heterocycles. The van der Waals surface area contributed by atoms with Gasteiger partial charge in [0.05, 0.1) is 4.88 Å². The lowest BCUT2D eigenvalue weighted by molar-refractivity contribution is 0.0985. The van der Waals surface area contributed by atoms with E-state index in [2.05, 4.69) is 31.2 Å². The highest BCUT2D eigenvalue weighted by atomic mass is 32.1. The van der Waals surface area contributed by atoms with Gasteiger partial charge in [0.25, 0.3) is 5.91 Å². The van der Waals surface area contributed by atoms with E-state index in [-0.39, 0.29) is 11.9 Å². The van der Waals surface area contributed by atoms with Crippen LogP contribution in [-0.2, 0) is 19.3 Å². The van der Waals surface area contributed by atoms with Gasteiger partial charge in [0, 0.05) is 16.6 Å². The number of nitrogens with zero attached hydrogens (tertiary/aromatic N) is 1. The molecule has 1 aromatic heterocycles. The topological polar surface area (TPSA) is 20.3 Å². The fourth-order valence-electron chi connectivity index (χ4n) is 3.59. The van der Waals surface area contributed by atoms with Crippen LogP contribution in [0.25, 0.3) is 0 Å². The van der Waals surface area contributed by atoms with E-state index >= 15 is 0 Å². The summed E-state index contributed by atoms with van der Waals surface area (Å²) >= 11 is 1.72. The first-order chi connectivity index (χ1) is 10.2. The second kappa shape index (κ2) is 4.99. The Kier molecular flexibility index (Phi) is 3.11. The molecule has 0 bridgehead atoms. The highest BCUT2D eigenvalue weighted by Gasteiger charge is 2.32. The zero-order chi connectivity index (χ0) is 14.4. The minimum atomic E-state index is 0.187. The summed E-state index contributed by atoms with van der Waals surface area (Å²) < 4.78 is 0. The Morgan fingerprint density at radius 2 is 2.00 bits per heavy atom. The predicted octanol–water partition coefficient (Wildman–Crippen LogP) is 4.22. The number of hydrogen-bond acceptors (Lipinski definition) is 2. The summed E-state index contributed by atoms with van der Waals surface area (Å²) in [6, 6.07) is 10.7. The largest absolute Gasteiger partial charge is 0.304 e. The van der Waals surface area contributed by atoms with Crippen LogP contribution in [0.3, 0.4) is 0 Å². The van der Waals surface area contributed by atoms with Crippen molar-refractivity contribution in [2.24, 2.45) is 0 Å². The Morgan fingerprint density at radius 3 is 2.86 bits per heavy atom. The van der Waals surface area contributed by atoms with E-state index in [0.29, 0.717) is 0 Å². The second-order valence-electron chi connectivity index (χ2n) is 6.12. The predicted molar refractivity (Wildman–Crippen MR) is 87.4 cm³/mol. The molecule has 1 aliphatic carbocycles. The number of fused-ring (bicyclic) bond motifs is 2. The first-order valence-corrected chi connectivity index (χ1v) is 8.59. The van der Waals surface area contributed by atoms with Gasteiger partial charge in [0.15, 0.2) is 0 Å². The van der Waals surface area contributed by atoms with Crippen molar-refractivity contribution in [1.82, 2.24) is 0 Å². The first-order valence-electron chi connectivity index (χ1n) is 7.77. The molecule has 0 spiro atoms. The number of rotatable bonds is 1. The Balaban J connectivity index is 1.70. The van der Waals surface area contributed by atoms with Crippen LogP contribution < -0.4 is 4.90 Å². The van der Waals surface area contributed by atoms with Crippen LogP contribution in [-0.4, -0.2) is 11.9 Å². The van der Waals surface area contributed by atoms with Gasteiger partial charge in [-0.25, -0.2) is 0 Å². The van der Waals surface area contributed by atoms with Crippen molar-refractivity contribution >= 4 is 22.9 Å². The molecule has 1 amide bonds. The number of hydrogen-bond donors (Lipinski definition) is 0. The number of anilines is 1. The van der Waals surface area contributed by atoms with E-state index in [0.717, 1.165) is 29.8 Å². The summed E-state index contributed by atoms with van der Waals surface area (Å²) in [7, 11) is 0. The Morgan fingerprint density at radius 1 is 1.19 bits per heavy atom. The third-order valence-corrected chi connectivity index (χ3v) is 5.86. The van der Waals surface area contributed by atoms with Crippen LogP contribution in [0, 0.1) is 0 Å². The van der Waals surface area contributed by atoms with Gasteiger partial charge < -0.3 is 4.90 Å². The maximum absolute atomic E-state index is 13.0. The third kappa shape index (κ3) is 2.11. The zero-order valence-electron chi connectivity index (χ0n) is 12.3. The molecule has 0 N–H and O–H groups in total. The molecule has 0 unspecified atom stereocenters. The Bertz CT molecular complexity index is 679. The van der Waals surface area contributed by atoms with Gasteiger partial charge in [-0.1, -0.05) is 18.2 Å². The van der Waals surface area contributed by atoms with Crippen LogP contribution in [0.2, 0.25) is 0 Å². The van der Waals surface area contributed by atoms with E-state index in [4.69, 9.17) is 0 Å². The van der Waals surface area contributed by atoms with Gasteiger partial charge in [0.1, 0.15) is 0 Å². The number of benzene rings is 1. The van der Waals surface area contributed by atoms with E-state index < -0.39 is 0 Å². The molecular weight excluding hydrogens is 278 g/mol. The number of amides is 1. The van der Waals surface area contributed by atoms with Crippen LogP contribution in [0.5, 0.6) is 0 Å². The summed E-state index contributed by atoms with van der Waals surface area (Å²) in [5.74, 6) is 0.187. The molecule has 2 aliphatic rings. The zero-order valence-corrected chi connectivity index (χ0v) is 13.1. The Labute approximate surface area is 129 Å². The fourth-order valence-corrected chi connectivity index (χ4v) is 4.78. The number of carbonyl (C=O) groups excluding carboxylic acids is 1. The number of carbonyl (C=O) groups is 1. The average Bonchev–Trinajstić information content (AvgIpc) is 3.06. The molecule has 0 fully saturated rings. The van der Waals surface area contributed by atoms with Crippen molar-refractivity contribution in [2.45, 2.75) is 45.1 Å². The highest BCUT2D eigenvalue weighted by Crippen LogP contribution is 2.36. The second-order valence-corrected chi connectivity index (χ2v) is 7.26. The maximum atomic E-state index is 13.0. The van der Waals surface area contributed by atoms with E-state index in [9.17, 15) is 4.79 Å². The van der Waals surface area contributed by atoms with Crippen molar-refractivity contribution in [2.75, 3.05) is 4.90 Å². The fraction of sp³-hybridized carbons (Fsp3) is 0.389. The summed E-state index contributed by atoms with van der Waals surface area (Å²) in [5, 5.41) is 0. The Hall–Kier alpha value is -1.61. The molecule has 3 heteroatoms. The quantitative estimate of drug-likeness (QED) is 0.772. The minimum absolute atomic E-state index is 0.187. The standard InChI is InChI=1S/C18H19NOS/c1-12-10-13-6-2-4-8-15(13)19(12)18(20)17-11-14-7-3-5-9-16(14)21-17/h2,4,6,8,11-12H,3,5,7,9-10H2,1H3/t12-/m1/s1. The van der Waals surface area contributed by atoms with Crippen LogP contribution >= 0.6 is 11.3 Å². The maximum Gasteiger partial charge on any atom is 0.268 e. The van der Waals surface area contributed by atoms with Gasteiger partial charge >= 0.3 is 0 Å². The number of aryl methyl sites for hydroxylation is 2. The molecule has 1 aromatic carbocycles. The molecular formula is C18H19NOS. The lowest BCUT2D eigenvalue weighted by Gasteiger charge is -2.21. The summed E-state index contributed by atoms with van der Waals surface area (Å²) in [6.07, 6.45) is 5.79. The molecule has 1 aliphatic heterocycles. The smallest absolute Gasteiger partial charge is 0.268 e. The molecule has 2 aromatic rings. The van der Waals surface area contributed by atoms with Crippen molar-refractivity contribution in [1.29, 1.82) is 0 Å². The van der Waals surface area contributed by atoms with Crippen molar-refractivity contribution < 1.29 is 4.79 Å². The van der Waals surface area contributed by atoms with Gasteiger partial charge in [-0.2, -0.15) is 0 Å². The molecule has 21 heavy (non-hydrogen) atoms. The van der Waals surface area contributed by atoms with Crippen molar-refractivity contribution in [3.05, 3.63) is 51.2 Å². The van der Waals surface area contributed by atoms with Crippen molar-refractivity contribution in [3.63, 3.8) is 0 Å². The third-order valence-electron chi connectivity index (χ3n) is 4.63. The van der Waals surface area contributed by atoms with E-state index in [1.165, 1.54) is 28.8 Å². The van der Waals surface area contributed by atoms with Gasteiger partial charge in [-0.15, -0.1) is 11.3 Å². The number of para-hydroxylation sites is 1. The summed E-state index contributed by atoms with van der Waals surface area (Å²) in [5.41, 5.74) is 3.80. The van der Waals surface area contributed by atoms with Crippen LogP contribution in [0.1, 0.15) is 45.4 Å². The van der Waals surface area contributed by atoms with Gasteiger partial charge in [-0.3, -0.25) is 4.79 Å². The summed E-state index contributed by atoms with van der Waals surface area (Å²) in [4.78, 5) is 17.3. The minimum Gasteiger partial charge on any atom is -0.304 e. The number of thiophene rings is 1. The van der Waals surface area contributed by atoms with Gasteiger partial charge in [0.2, 0.25) is 0 Å².